The van der Waals surface area contributed by atoms with Gasteiger partial charge in [-0.1, -0.05) is 22.8 Å². The fraction of sp³-hybridized carbons (Fsp3) is 0.611. The van der Waals surface area contributed by atoms with Crippen LogP contribution in [0.2, 0.25) is 0 Å². The molecule has 1 aromatic carbocycles. The summed E-state index contributed by atoms with van der Waals surface area (Å²) >= 11 is 0. The fourth-order valence-corrected chi connectivity index (χ4v) is 4.17. The van der Waals surface area contributed by atoms with E-state index in [1.54, 1.807) is 24.3 Å². The van der Waals surface area contributed by atoms with Crippen LogP contribution in [0.25, 0.3) is 0 Å². The number of aryl methyl sites for hydroxylation is 1. The molecule has 0 N–H and O–H groups in total. The molecule has 0 saturated carbocycles. The lowest BCUT2D eigenvalue weighted by molar-refractivity contribution is 0.261. The summed E-state index contributed by atoms with van der Waals surface area (Å²) in [4.78, 5) is 2.41. The van der Waals surface area contributed by atoms with Gasteiger partial charge in [0.25, 0.3) is 10.1 Å². The van der Waals surface area contributed by atoms with Crippen molar-refractivity contribution in [2.45, 2.75) is 51.0 Å². The van der Waals surface area contributed by atoms with E-state index < -0.39 is 10.1 Å². The molecule has 1 aliphatic rings. The van der Waals surface area contributed by atoms with Crippen molar-refractivity contribution in [2.24, 2.45) is 5.92 Å². The lowest BCUT2D eigenvalue weighted by Gasteiger charge is -2.32. The van der Waals surface area contributed by atoms with Crippen molar-refractivity contribution >= 4 is 16.1 Å². The third-order valence-corrected chi connectivity index (χ3v) is 6.26. The smallest absolute Gasteiger partial charge is 0.296 e. The monoisotopic (exact) mass is 393 g/mol. The van der Waals surface area contributed by atoms with Gasteiger partial charge in [0.15, 0.2) is 0 Å². The molecule has 148 valence electrons. The van der Waals surface area contributed by atoms with E-state index in [0.29, 0.717) is 5.92 Å². The zero-order valence-electron chi connectivity index (χ0n) is 16.1. The molecule has 1 saturated heterocycles. The summed E-state index contributed by atoms with van der Waals surface area (Å²) in [5.41, 5.74) is 1.02. The molecule has 0 radical (unpaired) electrons. The summed E-state index contributed by atoms with van der Waals surface area (Å²) in [6.45, 7) is 7.97. The Balaban J connectivity index is 1.47. The molecule has 0 bridgehead atoms. The van der Waals surface area contributed by atoms with Crippen LogP contribution < -0.4 is 4.90 Å². The van der Waals surface area contributed by atoms with Gasteiger partial charge in [-0.3, -0.25) is 4.18 Å². The third kappa shape index (κ3) is 4.84. The van der Waals surface area contributed by atoms with Crippen LogP contribution in [0.1, 0.15) is 44.7 Å². The molecule has 1 aliphatic heterocycles. The van der Waals surface area contributed by atoms with Gasteiger partial charge in [-0.15, -0.1) is 0 Å². The second-order valence-electron chi connectivity index (χ2n) is 7.33. The quantitative estimate of drug-likeness (QED) is 0.668. The first-order valence-corrected chi connectivity index (χ1v) is 10.8. The minimum Gasteiger partial charge on any atom is -0.340 e. The molecule has 2 aromatic rings. The summed E-state index contributed by atoms with van der Waals surface area (Å²) in [6.07, 6.45) is 2.67. The van der Waals surface area contributed by atoms with E-state index >= 15 is 0 Å². The highest BCUT2D eigenvalue weighted by molar-refractivity contribution is 7.86. The Kier molecular flexibility index (Phi) is 6.11. The first kappa shape index (κ1) is 19.8. The Hall–Kier alpha value is -2.00. The Morgan fingerprint density at radius 1 is 1.19 bits per heavy atom. The first-order valence-electron chi connectivity index (χ1n) is 9.36. The first-order chi connectivity index (χ1) is 12.9. The average molecular weight is 394 g/mol. The molecule has 0 atom stereocenters. The summed E-state index contributed by atoms with van der Waals surface area (Å²) in [5, 5.41) is 12.0. The highest BCUT2D eigenvalue weighted by Gasteiger charge is 2.24. The summed E-state index contributed by atoms with van der Waals surface area (Å²) in [6, 6.07) is 6.94. The van der Waals surface area contributed by atoms with E-state index in [-0.39, 0.29) is 17.5 Å². The zero-order chi connectivity index (χ0) is 19.4. The summed E-state index contributed by atoms with van der Waals surface area (Å²) in [5.74, 6) is 1.25. The second-order valence-corrected chi connectivity index (χ2v) is 8.94. The number of tetrazole rings is 1. The van der Waals surface area contributed by atoms with Crippen LogP contribution in [0, 0.1) is 12.8 Å². The van der Waals surface area contributed by atoms with Gasteiger partial charge in [0.05, 0.1) is 17.5 Å². The maximum Gasteiger partial charge on any atom is 0.296 e. The van der Waals surface area contributed by atoms with E-state index in [1.807, 2.05) is 11.6 Å². The summed E-state index contributed by atoms with van der Waals surface area (Å²) < 4.78 is 31.5. The van der Waals surface area contributed by atoms with Gasteiger partial charge in [-0.25, -0.2) is 4.68 Å². The largest absolute Gasteiger partial charge is 0.340 e. The molecule has 1 fully saturated rings. The minimum absolute atomic E-state index is 0.212. The lowest BCUT2D eigenvalue weighted by atomic mass is 9.94. The number of benzene rings is 1. The molecule has 9 heteroatoms. The Labute approximate surface area is 160 Å². The maximum absolute atomic E-state index is 12.2. The number of rotatable bonds is 7. The predicted octanol–water partition coefficient (Wildman–Crippen LogP) is 2.57. The lowest BCUT2D eigenvalue weighted by Crippen LogP contribution is -2.36. The molecule has 2 heterocycles. The number of piperidine rings is 1. The van der Waals surface area contributed by atoms with Crippen molar-refractivity contribution in [2.75, 3.05) is 24.6 Å². The van der Waals surface area contributed by atoms with E-state index in [9.17, 15) is 8.42 Å². The molecule has 0 unspecified atom stereocenters. The van der Waals surface area contributed by atoms with Crippen LogP contribution in [0.4, 0.5) is 5.95 Å². The molecule has 0 aliphatic carbocycles. The topological polar surface area (TPSA) is 90.2 Å². The predicted molar refractivity (Wildman–Crippen MR) is 102 cm³/mol. The standard InChI is InChI=1S/C18H27N5O3S/c1-14(2)23-18(19-20-21-23)22-11-8-16(9-12-22)10-13-26-27(24,25)17-6-4-15(3)5-7-17/h4-7,14,16H,8-13H2,1-3H3. The van der Waals surface area contributed by atoms with Crippen LogP contribution in [-0.4, -0.2) is 48.3 Å². The maximum atomic E-state index is 12.2. The van der Waals surface area contributed by atoms with Crippen LogP contribution in [0.5, 0.6) is 0 Å². The van der Waals surface area contributed by atoms with Crippen molar-refractivity contribution in [1.82, 2.24) is 20.2 Å². The second kappa shape index (κ2) is 8.35. The fourth-order valence-electron chi connectivity index (χ4n) is 3.25. The van der Waals surface area contributed by atoms with E-state index in [0.717, 1.165) is 43.9 Å². The molecule has 1 aromatic heterocycles. The Morgan fingerprint density at radius 2 is 1.85 bits per heavy atom. The van der Waals surface area contributed by atoms with Gasteiger partial charge in [-0.05, 0) is 68.5 Å². The van der Waals surface area contributed by atoms with Crippen molar-refractivity contribution in [3.8, 4) is 0 Å². The van der Waals surface area contributed by atoms with E-state index in [2.05, 4.69) is 34.3 Å². The molecule has 3 rings (SSSR count). The average Bonchev–Trinajstić information content (AvgIpc) is 3.13. The van der Waals surface area contributed by atoms with Crippen molar-refractivity contribution in [3.63, 3.8) is 0 Å². The normalized spacial score (nSPS) is 16.2. The SMILES string of the molecule is Cc1ccc(S(=O)(=O)OCCC2CCN(c3nnnn3C(C)C)CC2)cc1. The molecule has 0 amide bonds. The molecular weight excluding hydrogens is 366 g/mol. The number of nitrogens with zero attached hydrogens (tertiary/aromatic N) is 5. The minimum atomic E-state index is -3.68. The van der Waals surface area contributed by atoms with Crippen molar-refractivity contribution < 1.29 is 12.6 Å². The number of anilines is 1. The molecule has 0 spiro atoms. The zero-order valence-corrected chi connectivity index (χ0v) is 16.9. The van der Waals surface area contributed by atoms with E-state index in [1.165, 1.54) is 0 Å². The van der Waals surface area contributed by atoms with Gasteiger partial charge in [0.2, 0.25) is 5.95 Å². The van der Waals surface area contributed by atoms with Gasteiger partial charge in [0.1, 0.15) is 0 Å². The number of hydrogen-bond donors (Lipinski definition) is 0. The Bertz CT molecular complexity index is 840. The van der Waals surface area contributed by atoms with Crippen molar-refractivity contribution in [1.29, 1.82) is 0 Å². The van der Waals surface area contributed by atoms with Gasteiger partial charge >= 0.3 is 0 Å². The number of aromatic nitrogens is 4. The summed E-state index contributed by atoms with van der Waals surface area (Å²) in [7, 11) is -3.68. The highest BCUT2D eigenvalue weighted by atomic mass is 32.2. The van der Waals surface area contributed by atoms with Crippen LogP contribution >= 0.6 is 0 Å². The van der Waals surface area contributed by atoms with E-state index in [4.69, 9.17) is 4.18 Å². The van der Waals surface area contributed by atoms with Gasteiger partial charge < -0.3 is 4.90 Å². The number of hydrogen-bond acceptors (Lipinski definition) is 7. The van der Waals surface area contributed by atoms with Gasteiger partial charge in [-0.2, -0.15) is 8.42 Å². The van der Waals surface area contributed by atoms with Gasteiger partial charge in [0, 0.05) is 13.1 Å². The van der Waals surface area contributed by atoms with Crippen LogP contribution in [0.15, 0.2) is 29.2 Å². The molecule has 8 nitrogen and oxygen atoms in total. The van der Waals surface area contributed by atoms with Crippen LogP contribution in [-0.2, 0) is 14.3 Å². The Morgan fingerprint density at radius 3 is 2.48 bits per heavy atom. The van der Waals surface area contributed by atoms with Crippen molar-refractivity contribution in [3.05, 3.63) is 29.8 Å². The molecule has 27 heavy (non-hydrogen) atoms. The third-order valence-electron chi connectivity index (χ3n) is 4.94. The highest BCUT2D eigenvalue weighted by Crippen LogP contribution is 2.25. The van der Waals surface area contributed by atoms with Crippen LogP contribution in [0.3, 0.4) is 0 Å². The molecular formula is C18H27N5O3S.